The minimum Gasteiger partial charge on any atom is -0.492 e. The molecule has 0 radical (unpaired) electrons. The van der Waals surface area contributed by atoms with Gasteiger partial charge in [0, 0.05) is 36.0 Å². The number of benzene rings is 2. The van der Waals surface area contributed by atoms with E-state index in [-0.39, 0.29) is 11.7 Å². The molecule has 29 heavy (non-hydrogen) atoms. The number of Topliss-reactive ketones (excluding diaryl/α,β-unsaturated/α-hetero) is 1. The SMILES string of the molecule is CSc1ccc(C(=O)[C@H]2CCCN(Cc3ccc(OCCN(C)C)cc3)C2)cc1. The molecule has 1 aliphatic heterocycles. The highest BCUT2D eigenvalue weighted by atomic mass is 32.2. The molecular weight excluding hydrogens is 380 g/mol. The van der Waals surface area contributed by atoms with Gasteiger partial charge in [-0.3, -0.25) is 9.69 Å². The summed E-state index contributed by atoms with van der Waals surface area (Å²) in [4.78, 5) is 18.6. The molecule has 1 heterocycles. The Balaban J connectivity index is 1.53. The van der Waals surface area contributed by atoms with Gasteiger partial charge in [-0.25, -0.2) is 0 Å². The summed E-state index contributed by atoms with van der Waals surface area (Å²) in [7, 11) is 4.09. The van der Waals surface area contributed by atoms with Crippen LogP contribution >= 0.6 is 11.8 Å². The fourth-order valence-corrected chi connectivity index (χ4v) is 4.11. The third-order valence-corrected chi connectivity index (χ3v) is 6.13. The van der Waals surface area contributed by atoms with Crippen LogP contribution < -0.4 is 4.74 Å². The maximum Gasteiger partial charge on any atom is 0.167 e. The highest BCUT2D eigenvalue weighted by Crippen LogP contribution is 2.24. The lowest BCUT2D eigenvalue weighted by Crippen LogP contribution is -2.38. The van der Waals surface area contributed by atoms with Crippen molar-refractivity contribution in [3.05, 3.63) is 59.7 Å². The Morgan fingerprint density at radius 2 is 1.86 bits per heavy atom. The van der Waals surface area contributed by atoms with E-state index in [9.17, 15) is 4.79 Å². The molecule has 0 bridgehead atoms. The van der Waals surface area contributed by atoms with Gasteiger partial charge in [0.15, 0.2) is 5.78 Å². The van der Waals surface area contributed by atoms with Gasteiger partial charge in [0.1, 0.15) is 12.4 Å². The number of rotatable bonds is 9. The van der Waals surface area contributed by atoms with Gasteiger partial charge in [-0.15, -0.1) is 11.8 Å². The molecule has 0 aliphatic carbocycles. The number of hydrogen-bond donors (Lipinski definition) is 0. The third-order valence-electron chi connectivity index (χ3n) is 5.39. The Kier molecular flexibility index (Phi) is 8.16. The number of likely N-dealkylation sites (N-methyl/N-ethyl adjacent to an activating group) is 1. The van der Waals surface area contributed by atoms with Crippen LogP contribution in [0.25, 0.3) is 0 Å². The van der Waals surface area contributed by atoms with Crippen molar-refractivity contribution in [3.63, 3.8) is 0 Å². The fourth-order valence-electron chi connectivity index (χ4n) is 3.70. The number of thioether (sulfide) groups is 1. The lowest BCUT2D eigenvalue weighted by molar-refractivity contribution is 0.0811. The standard InChI is InChI=1S/C24H32N2O2S/c1-25(2)15-16-28-22-10-6-19(7-11-22)17-26-14-4-5-21(18-26)24(27)20-8-12-23(29-3)13-9-20/h6-13,21H,4-5,14-18H2,1-3H3/t21-/m0/s1. The first-order valence-electron chi connectivity index (χ1n) is 10.3. The summed E-state index contributed by atoms with van der Waals surface area (Å²) in [5.41, 5.74) is 2.11. The van der Waals surface area contributed by atoms with Crippen LogP contribution in [0, 0.1) is 5.92 Å². The molecule has 0 spiro atoms. The first-order chi connectivity index (χ1) is 14.0. The second-order valence-electron chi connectivity index (χ2n) is 7.96. The van der Waals surface area contributed by atoms with Crippen LogP contribution in [0.5, 0.6) is 5.75 Å². The van der Waals surface area contributed by atoms with E-state index in [4.69, 9.17) is 4.74 Å². The van der Waals surface area contributed by atoms with Gasteiger partial charge in [0.05, 0.1) is 0 Å². The third kappa shape index (κ3) is 6.59. The monoisotopic (exact) mass is 412 g/mol. The molecule has 3 rings (SSSR count). The first-order valence-corrected chi connectivity index (χ1v) is 11.5. The van der Waals surface area contributed by atoms with Gasteiger partial charge in [-0.1, -0.05) is 24.3 Å². The molecule has 0 aromatic heterocycles. The van der Waals surface area contributed by atoms with Crippen LogP contribution in [-0.2, 0) is 6.54 Å². The van der Waals surface area contributed by atoms with Crippen LogP contribution in [-0.4, -0.2) is 62.2 Å². The summed E-state index contributed by atoms with van der Waals surface area (Å²) in [6.07, 6.45) is 4.11. The number of ether oxygens (including phenoxy) is 1. The zero-order chi connectivity index (χ0) is 20.6. The van der Waals surface area contributed by atoms with E-state index in [0.717, 1.165) is 50.3 Å². The molecule has 1 saturated heterocycles. The molecule has 0 saturated carbocycles. The van der Waals surface area contributed by atoms with E-state index in [1.165, 1.54) is 10.5 Å². The number of ketones is 1. The summed E-state index contributed by atoms with van der Waals surface area (Å²) < 4.78 is 5.77. The smallest absolute Gasteiger partial charge is 0.167 e. The Bertz CT molecular complexity index is 774. The molecule has 0 unspecified atom stereocenters. The van der Waals surface area contributed by atoms with Gasteiger partial charge < -0.3 is 9.64 Å². The number of hydrogen-bond acceptors (Lipinski definition) is 5. The topological polar surface area (TPSA) is 32.8 Å². The molecule has 2 aromatic carbocycles. The van der Waals surface area contributed by atoms with Gasteiger partial charge in [0.2, 0.25) is 0 Å². The summed E-state index contributed by atoms with van der Waals surface area (Å²) in [5.74, 6) is 1.29. The van der Waals surface area contributed by atoms with Gasteiger partial charge >= 0.3 is 0 Å². The quantitative estimate of drug-likeness (QED) is 0.449. The average molecular weight is 413 g/mol. The molecular formula is C24H32N2O2S. The van der Waals surface area contributed by atoms with E-state index in [1.54, 1.807) is 11.8 Å². The van der Waals surface area contributed by atoms with Crippen molar-refractivity contribution in [2.75, 3.05) is 46.6 Å². The van der Waals surface area contributed by atoms with Crippen molar-refractivity contribution in [3.8, 4) is 5.75 Å². The predicted octanol–water partition coefficient (Wildman–Crippen LogP) is 4.44. The highest BCUT2D eigenvalue weighted by Gasteiger charge is 2.26. The number of piperidine rings is 1. The summed E-state index contributed by atoms with van der Waals surface area (Å²) in [6, 6.07) is 16.4. The molecule has 4 nitrogen and oxygen atoms in total. The predicted molar refractivity (Wildman–Crippen MR) is 121 cm³/mol. The van der Waals surface area contributed by atoms with Gasteiger partial charge in [-0.2, -0.15) is 0 Å². The van der Waals surface area contributed by atoms with E-state index in [0.29, 0.717) is 6.61 Å². The van der Waals surface area contributed by atoms with Crippen molar-refractivity contribution in [1.29, 1.82) is 0 Å². The van der Waals surface area contributed by atoms with Crippen LogP contribution in [0.3, 0.4) is 0 Å². The van der Waals surface area contributed by atoms with E-state index in [1.807, 2.05) is 50.5 Å². The minimum atomic E-state index is 0.0949. The fraction of sp³-hybridized carbons (Fsp3) is 0.458. The van der Waals surface area contributed by atoms with Crippen molar-refractivity contribution in [1.82, 2.24) is 9.80 Å². The number of carbonyl (C=O) groups is 1. The second kappa shape index (κ2) is 10.8. The summed E-state index contributed by atoms with van der Waals surface area (Å²) >= 11 is 1.70. The van der Waals surface area contributed by atoms with Crippen LogP contribution in [0.2, 0.25) is 0 Å². The van der Waals surface area contributed by atoms with Gasteiger partial charge in [0.25, 0.3) is 0 Å². The van der Waals surface area contributed by atoms with Crippen molar-refractivity contribution >= 4 is 17.5 Å². The van der Waals surface area contributed by atoms with Gasteiger partial charge in [-0.05, 0) is 69.6 Å². The number of likely N-dealkylation sites (tertiary alicyclic amines) is 1. The van der Waals surface area contributed by atoms with E-state index < -0.39 is 0 Å². The lowest BCUT2D eigenvalue weighted by Gasteiger charge is -2.32. The van der Waals surface area contributed by atoms with Crippen LogP contribution in [0.4, 0.5) is 0 Å². The molecule has 0 N–H and O–H groups in total. The lowest BCUT2D eigenvalue weighted by atomic mass is 9.90. The molecule has 0 amide bonds. The molecule has 156 valence electrons. The highest BCUT2D eigenvalue weighted by molar-refractivity contribution is 7.98. The molecule has 2 aromatic rings. The van der Waals surface area contributed by atoms with E-state index >= 15 is 0 Å². The minimum absolute atomic E-state index is 0.0949. The van der Waals surface area contributed by atoms with E-state index in [2.05, 4.69) is 28.2 Å². The Hall–Kier alpha value is -1.82. The molecule has 5 heteroatoms. The normalized spacial score (nSPS) is 17.4. The van der Waals surface area contributed by atoms with Crippen molar-refractivity contribution < 1.29 is 9.53 Å². The average Bonchev–Trinajstić information content (AvgIpc) is 2.74. The summed E-state index contributed by atoms with van der Waals surface area (Å²) in [6.45, 7) is 4.37. The van der Waals surface area contributed by atoms with Crippen LogP contribution in [0.15, 0.2) is 53.4 Å². The zero-order valence-corrected chi connectivity index (χ0v) is 18.6. The Morgan fingerprint density at radius 1 is 1.14 bits per heavy atom. The number of carbonyl (C=O) groups excluding carboxylic acids is 1. The maximum absolute atomic E-state index is 12.9. The summed E-state index contributed by atoms with van der Waals surface area (Å²) in [5, 5.41) is 0. The number of nitrogens with zero attached hydrogens (tertiary/aromatic N) is 2. The van der Waals surface area contributed by atoms with Crippen LogP contribution in [0.1, 0.15) is 28.8 Å². The maximum atomic E-state index is 12.9. The Morgan fingerprint density at radius 3 is 2.52 bits per heavy atom. The first kappa shape index (κ1) is 21.9. The Labute approximate surface area is 179 Å². The van der Waals surface area contributed by atoms with Crippen molar-refractivity contribution in [2.45, 2.75) is 24.3 Å². The van der Waals surface area contributed by atoms with Crippen molar-refractivity contribution in [2.24, 2.45) is 5.92 Å². The molecule has 1 aliphatic rings. The zero-order valence-electron chi connectivity index (χ0n) is 17.8. The molecule has 1 atom stereocenters. The second-order valence-corrected chi connectivity index (χ2v) is 8.84. The largest absolute Gasteiger partial charge is 0.492 e. The molecule has 1 fully saturated rings.